The van der Waals surface area contributed by atoms with Gasteiger partial charge in [0.25, 0.3) is 0 Å². The molecule has 2 aromatic carbocycles. The van der Waals surface area contributed by atoms with Gasteiger partial charge < -0.3 is 14.5 Å². The second-order valence-corrected chi connectivity index (χ2v) is 10.9. The summed E-state index contributed by atoms with van der Waals surface area (Å²) in [6.07, 6.45) is 2.63. The summed E-state index contributed by atoms with van der Waals surface area (Å²) in [6, 6.07) is 12.3. The predicted octanol–water partition coefficient (Wildman–Crippen LogP) is 5.92. The number of hydrogen-bond acceptors (Lipinski definition) is 7. The highest BCUT2D eigenvalue weighted by atomic mass is 32.1. The van der Waals surface area contributed by atoms with Crippen molar-refractivity contribution in [2.75, 3.05) is 27.3 Å². The Bertz CT molecular complexity index is 1330. The number of piperidine rings is 1. The summed E-state index contributed by atoms with van der Waals surface area (Å²) in [7, 11) is 3.33. The Balaban J connectivity index is 0.000000170. The first-order valence-corrected chi connectivity index (χ1v) is 13.8. The fourth-order valence-corrected chi connectivity index (χ4v) is 6.00. The number of aromatic nitrogens is 3. The van der Waals surface area contributed by atoms with Crippen molar-refractivity contribution in [2.45, 2.75) is 39.2 Å². The molecule has 4 heterocycles. The maximum atomic E-state index is 12.6. The van der Waals surface area contributed by atoms with Gasteiger partial charge in [-0.3, -0.25) is 9.69 Å². The van der Waals surface area contributed by atoms with Crippen LogP contribution in [0.5, 0.6) is 11.5 Å². The lowest BCUT2D eigenvalue weighted by atomic mass is 9.80. The van der Waals surface area contributed by atoms with Crippen LogP contribution in [0.3, 0.4) is 0 Å². The van der Waals surface area contributed by atoms with Crippen molar-refractivity contribution in [1.29, 1.82) is 0 Å². The number of methoxy groups -OCH3 is 2. The fourth-order valence-electron chi connectivity index (χ4n) is 5.46. The quantitative estimate of drug-likeness (QED) is 0.353. The molecule has 194 valence electrons. The van der Waals surface area contributed by atoms with Crippen LogP contribution in [0.15, 0.2) is 47.3 Å². The Morgan fingerprint density at radius 3 is 2.65 bits per heavy atom. The van der Waals surface area contributed by atoms with Crippen LogP contribution < -0.4 is 9.47 Å². The van der Waals surface area contributed by atoms with Gasteiger partial charge in [-0.1, -0.05) is 26.0 Å². The highest BCUT2D eigenvalue weighted by Crippen LogP contribution is 2.42. The van der Waals surface area contributed by atoms with Gasteiger partial charge in [-0.2, -0.15) is 0 Å². The van der Waals surface area contributed by atoms with Gasteiger partial charge in [0.05, 0.1) is 30.8 Å². The number of ether oxygens (including phenoxy) is 2. The van der Waals surface area contributed by atoms with Crippen LogP contribution in [-0.2, 0) is 11.2 Å². The Morgan fingerprint density at radius 1 is 1.16 bits per heavy atom. The third-order valence-corrected chi connectivity index (χ3v) is 7.82. The topological polar surface area (TPSA) is 80.3 Å². The number of carbonyl (C=O) groups is 1. The van der Waals surface area contributed by atoms with Gasteiger partial charge in [0.2, 0.25) is 0 Å². The molecule has 0 amide bonds. The second kappa shape index (κ2) is 11.0. The molecule has 2 aliphatic rings. The Kier molecular flexibility index (Phi) is 7.58. The van der Waals surface area contributed by atoms with Gasteiger partial charge >= 0.3 is 0 Å². The van der Waals surface area contributed by atoms with Crippen molar-refractivity contribution in [3.8, 4) is 23.0 Å². The molecule has 8 heteroatoms. The van der Waals surface area contributed by atoms with Gasteiger partial charge in [-0.25, -0.2) is 9.97 Å². The molecule has 1 saturated heterocycles. The number of benzene rings is 2. The molecule has 2 aliphatic heterocycles. The maximum absolute atomic E-state index is 12.6. The van der Waals surface area contributed by atoms with Crippen molar-refractivity contribution < 1.29 is 14.3 Å². The van der Waals surface area contributed by atoms with Crippen LogP contribution in [0.2, 0.25) is 0 Å². The molecule has 1 N–H and O–H groups in total. The van der Waals surface area contributed by atoms with Gasteiger partial charge in [0, 0.05) is 36.9 Å². The van der Waals surface area contributed by atoms with Crippen LogP contribution in [0.4, 0.5) is 0 Å². The van der Waals surface area contributed by atoms with Gasteiger partial charge in [-0.15, -0.1) is 11.3 Å². The van der Waals surface area contributed by atoms with Crippen molar-refractivity contribution >= 4 is 28.2 Å². The minimum Gasteiger partial charge on any atom is -0.493 e. The lowest BCUT2D eigenvalue weighted by molar-refractivity contribution is -0.129. The highest BCUT2D eigenvalue weighted by Gasteiger charge is 2.38. The lowest BCUT2D eigenvalue weighted by Crippen LogP contribution is -2.46. The summed E-state index contributed by atoms with van der Waals surface area (Å²) in [5, 5.41) is 1.98. The normalized spacial score (nSPS) is 19.2. The van der Waals surface area contributed by atoms with Crippen molar-refractivity contribution in [3.63, 3.8) is 0 Å². The number of rotatable bonds is 5. The van der Waals surface area contributed by atoms with E-state index in [1.807, 2.05) is 35.2 Å². The number of para-hydroxylation sites is 2. The summed E-state index contributed by atoms with van der Waals surface area (Å²) < 4.78 is 10.9. The van der Waals surface area contributed by atoms with Gasteiger partial charge in [-0.05, 0) is 54.2 Å². The minimum atomic E-state index is 0.202. The molecular weight excluding hydrogens is 484 g/mol. The molecule has 7 nitrogen and oxygen atoms in total. The van der Waals surface area contributed by atoms with Crippen LogP contribution in [0.1, 0.15) is 43.9 Å². The van der Waals surface area contributed by atoms with E-state index >= 15 is 0 Å². The molecule has 2 aromatic heterocycles. The molecule has 0 saturated carbocycles. The monoisotopic (exact) mass is 518 g/mol. The molecule has 1 fully saturated rings. The van der Waals surface area contributed by atoms with Gasteiger partial charge in [0.1, 0.15) is 11.5 Å². The molecule has 2 atom stereocenters. The third kappa shape index (κ3) is 5.40. The Morgan fingerprint density at radius 2 is 1.95 bits per heavy atom. The highest BCUT2D eigenvalue weighted by molar-refractivity contribution is 7.07. The summed E-state index contributed by atoms with van der Waals surface area (Å²) in [6.45, 7) is 6.31. The minimum absolute atomic E-state index is 0.202. The molecule has 0 aliphatic carbocycles. The van der Waals surface area contributed by atoms with Crippen molar-refractivity contribution in [3.05, 3.63) is 58.4 Å². The number of imidazole rings is 1. The molecule has 0 bridgehead atoms. The van der Waals surface area contributed by atoms with E-state index in [4.69, 9.17) is 9.47 Å². The number of nitrogens with zero attached hydrogens (tertiary/aromatic N) is 3. The summed E-state index contributed by atoms with van der Waals surface area (Å²) in [4.78, 5) is 27.0. The fraction of sp³-hybridized carbons (Fsp3) is 0.414. The zero-order chi connectivity index (χ0) is 25.9. The average Bonchev–Trinajstić information content (AvgIpc) is 3.58. The van der Waals surface area contributed by atoms with Crippen molar-refractivity contribution in [1.82, 2.24) is 19.9 Å². The van der Waals surface area contributed by atoms with E-state index in [9.17, 15) is 4.79 Å². The molecule has 0 radical (unpaired) electrons. The molecule has 2 unspecified atom stereocenters. The standard InChI is InChI=1S/C19H27NO3.C10H7N3S/c1-12(2)7-14-11-20-6-5-13-8-18(22-3)19(23-4)9-15(13)16(20)10-17(14)21;1-2-4-8-7(3-1)12-10(13-8)9-5-14-6-11-9/h8-9,12,14,16H,5-7,10-11H2,1-4H3;1-6H,(H,12,13). The predicted molar refractivity (Wildman–Crippen MR) is 147 cm³/mol. The van der Waals surface area contributed by atoms with Crippen LogP contribution in [0.25, 0.3) is 22.6 Å². The number of aromatic amines is 1. The number of Topliss-reactive ketones (excluding diaryl/α,β-unsaturated/α-hetero) is 1. The summed E-state index contributed by atoms with van der Waals surface area (Å²) in [5.74, 6) is 3.56. The van der Waals surface area contributed by atoms with E-state index < -0.39 is 0 Å². The molecule has 4 aromatic rings. The number of ketones is 1. The Labute approximate surface area is 221 Å². The smallest absolute Gasteiger partial charge is 0.161 e. The van der Waals surface area contributed by atoms with Crippen LogP contribution in [0, 0.1) is 11.8 Å². The van der Waals surface area contributed by atoms with E-state index in [1.54, 1.807) is 25.6 Å². The number of fused-ring (bicyclic) bond motifs is 4. The van der Waals surface area contributed by atoms with Crippen LogP contribution in [-0.4, -0.2) is 52.9 Å². The Hall–Kier alpha value is -3.23. The van der Waals surface area contributed by atoms with E-state index in [2.05, 4.69) is 45.8 Å². The first-order chi connectivity index (χ1) is 18.0. The maximum Gasteiger partial charge on any atom is 0.161 e. The molecule has 37 heavy (non-hydrogen) atoms. The lowest BCUT2D eigenvalue weighted by Gasteiger charge is -2.43. The average molecular weight is 519 g/mol. The van der Waals surface area contributed by atoms with Gasteiger partial charge in [0.15, 0.2) is 17.3 Å². The number of carbonyl (C=O) groups excluding carboxylic acids is 1. The second-order valence-electron chi connectivity index (χ2n) is 10.1. The summed E-state index contributed by atoms with van der Waals surface area (Å²) in [5.41, 5.74) is 7.28. The molecule has 6 rings (SSSR count). The van der Waals surface area contributed by atoms with E-state index in [0.29, 0.717) is 18.1 Å². The summed E-state index contributed by atoms with van der Waals surface area (Å²) >= 11 is 1.57. The zero-order valence-corrected chi connectivity index (χ0v) is 22.7. The largest absolute Gasteiger partial charge is 0.493 e. The van der Waals surface area contributed by atoms with E-state index in [0.717, 1.165) is 60.0 Å². The van der Waals surface area contributed by atoms with Crippen LogP contribution >= 0.6 is 11.3 Å². The SMILES string of the molecule is COc1cc2c(cc1OC)C1CC(=O)C(CC(C)C)CN1CC2.c1ccc2[nH]c(-c3cscn3)nc2c1. The molecule has 0 spiro atoms. The number of H-pyrrole nitrogens is 1. The molecular formula is C29H34N4O3S. The number of nitrogens with one attached hydrogen (secondary N) is 1. The first-order valence-electron chi connectivity index (χ1n) is 12.8. The number of thiazole rings is 1. The third-order valence-electron chi connectivity index (χ3n) is 7.24. The van der Waals surface area contributed by atoms with E-state index in [1.165, 1.54) is 11.1 Å². The van der Waals surface area contributed by atoms with E-state index in [-0.39, 0.29) is 12.0 Å². The zero-order valence-electron chi connectivity index (χ0n) is 21.9. The van der Waals surface area contributed by atoms with Crippen molar-refractivity contribution in [2.24, 2.45) is 11.8 Å². The number of hydrogen-bond donors (Lipinski definition) is 1. The first kappa shape index (κ1) is 25.4.